The van der Waals surface area contributed by atoms with E-state index in [0.29, 0.717) is 5.71 Å². The number of hydrogen-bond acceptors (Lipinski definition) is 3. The summed E-state index contributed by atoms with van der Waals surface area (Å²) in [4.78, 5) is 13.2. The molecule has 0 N–H and O–H groups in total. The molecule has 20 heavy (non-hydrogen) atoms. The van der Waals surface area contributed by atoms with Crippen LogP contribution in [0.2, 0.25) is 0 Å². The Morgan fingerprint density at radius 1 is 1.25 bits per heavy atom. The monoisotopic (exact) mass is 263 g/mol. The average molecular weight is 263 g/mol. The van der Waals surface area contributed by atoms with Gasteiger partial charge in [0, 0.05) is 12.4 Å². The lowest BCUT2D eigenvalue weighted by Gasteiger charge is -2.07. The quantitative estimate of drug-likeness (QED) is 0.769. The standard InChI is InChI=1S/C17H17N3/c1-4-13-11-16(14(5-2)18-6-3)20-17(12-13)15-9-7-8-10-19-15/h5-12H,2-4H2,1H3. The van der Waals surface area contributed by atoms with E-state index in [1.807, 2.05) is 24.3 Å². The van der Waals surface area contributed by atoms with Crippen molar-refractivity contribution in [2.24, 2.45) is 4.99 Å². The first-order valence-electron chi connectivity index (χ1n) is 6.52. The molecule has 3 nitrogen and oxygen atoms in total. The largest absolute Gasteiger partial charge is 0.255 e. The molecular formula is C17H17N3. The maximum atomic E-state index is 4.63. The van der Waals surface area contributed by atoms with Gasteiger partial charge < -0.3 is 0 Å². The summed E-state index contributed by atoms with van der Waals surface area (Å²) >= 11 is 0. The third-order valence-corrected chi connectivity index (χ3v) is 2.91. The molecule has 0 saturated heterocycles. The van der Waals surface area contributed by atoms with Crippen molar-refractivity contribution in [3.63, 3.8) is 0 Å². The molecule has 2 aromatic rings. The first kappa shape index (κ1) is 13.9. The first-order chi connectivity index (χ1) is 9.78. The molecule has 2 aromatic heterocycles. The minimum Gasteiger partial charge on any atom is -0.255 e. The SMILES string of the molecule is C=CN=C(C=C)c1cc(CC)cc(-c2ccccn2)n1. The molecule has 3 heteroatoms. The van der Waals surface area contributed by atoms with Crippen LogP contribution in [-0.2, 0) is 6.42 Å². The van der Waals surface area contributed by atoms with Crippen molar-refractivity contribution in [3.05, 3.63) is 73.2 Å². The molecule has 0 saturated carbocycles. The van der Waals surface area contributed by atoms with Crippen molar-refractivity contribution >= 4 is 5.71 Å². The predicted molar refractivity (Wildman–Crippen MR) is 83.8 cm³/mol. The Bertz CT molecular complexity index is 643. The lowest BCUT2D eigenvalue weighted by atomic mass is 10.1. The molecule has 0 bridgehead atoms. The topological polar surface area (TPSA) is 38.1 Å². The molecule has 0 fully saturated rings. The van der Waals surface area contributed by atoms with E-state index in [1.165, 1.54) is 11.8 Å². The second-order valence-corrected chi connectivity index (χ2v) is 4.22. The van der Waals surface area contributed by atoms with E-state index in [4.69, 9.17) is 0 Å². The first-order valence-corrected chi connectivity index (χ1v) is 6.52. The van der Waals surface area contributed by atoms with Crippen LogP contribution in [0, 0.1) is 0 Å². The van der Waals surface area contributed by atoms with Crippen LogP contribution < -0.4 is 0 Å². The fourth-order valence-electron chi connectivity index (χ4n) is 1.89. The van der Waals surface area contributed by atoms with Gasteiger partial charge in [0.2, 0.25) is 0 Å². The lowest BCUT2D eigenvalue weighted by molar-refractivity contribution is 1.11. The van der Waals surface area contributed by atoms with E-state index >= 15 is 0 Å². The van der Waals surface area contributed by atoms with Gasteiger partial charge in [-0.05, 0) is 42.3 Å². The van der Waals surface area contributed by atoms with Gasteiger partial charge in [-0.25, -0.2) is 4.98 Å². The van der Waals surface area contributed by atoms with Crippen molar-refractivity contribution in [1.29, 1.82) is 0 Å². The normalized spacial score (nSPS) is 11.2. The summed E-state index contributed by atoms with van der Waals surface area (Å²) in [7, 11) is 0. The van der Waals surface area contributed by atoms with Crippen molar-refractivity contribution < 1.29 is 0 Å². The minimum absolute atomic E-state index is 0.715. The average Bonchev–Trinajstić information content (AvgIpc) is 2.53. The summed E-state index contributed by atoms with van der Waals surface area (Å²) < 4.78 is 0. The zero-order valence-corrected chi connectivity index (χ0v) is 11.6. The van der Waals surface area contributed by atoms with Gasteiger partial charge in [-0.2, -0.15) is 0 Å². The van der Waals surface area contributed by atoms with Crippen LogP contribution in [0.1, 0.15) is 18.2 Å². The number of aryl methyl sites for hydroxylation is 1. The number of hydrogen-bond donors (Lipinski definition) is 0. The summed E-state index contributed by atoms with van der Waals surface area (Å²) in [5, 5.41) is 0. The Morgan fingerprint density at radius 2 is 2.10 bits per heavy atom. The number of nitrogens with zero attached hydrogens (tertiary/aromatic N) is 3. The Labute approximate surface area is 119 Å². The minimum atomic E-state index is 0.715. The molecule has 0 aliphatic heterocycles. The number of allylic oxidation sites excluding steroid dienone is 1. The van der Waals surface area contributed by atoms with E-state index in [0.717, 1.165) is 23.5 Å². The van der Waals surface area contributed by atoms with E-state index in [1.54, 1.807) is 12.3 Å². The molecule has 2 heterocycles. The molecule has 0 aliphatic rings. The van der Waals surface area contributed by atoms with Gasteiger partial charge in [-0.1, -0.05) is 26.1 Å². The van der Waals surface area contributed by atoms with Gasteiger partial charge in [-0.3, -0.25) is 9.98 Å². The maximum absolute atomic E-state index is 4.63. The van der Waals surface area contributed by atoms with Gasteiger partial charge in [0.1, 0.15) is 0 Å². The van der Waals surface area contributed by atoms with Crippen LogP contribution in [0.15, 0.2) is 67.0 Å². The van der Waals surface area contributed by atoms with Crippen molar-refractivity contribution in [2.45, 2.75) is 13.3 Å². The van der Waals surface area contributed by atoms with Gasteiger partial charge >= 0.3 is 0 Å². The zero-order chi connectivity index (χ0) is 14.4. The predicted octanol–water partition coefficient (Wildman–Crippen LogP) is 3.82. The molecule has 2 rings (SSSR count). The second-order valence-electron chi connectivity index (χ2n) is 4.22. The molecule has 0 atom stereocenters. The Kier molecular flexibility index (Phi) is 4.56. The highest BCUT2D eigenvalue weighted by Crippen LogP contribution is 2.18. The molecule has 0 aliphatic carbocycles. The van der Waals surface area contributed by atoms with E-state index < -0.39 is 0 Å². The molecule has 0 unspecified atom stereocenters. The van der Waals surface area contributed by atoms with Crippen LogP contribution in [0.4, 0.5) is 0 Å². The summed E-state index contributed by atoms with van der Waals surface area (Å²) in [6.07, 6.45) is 5.87. The third kappa shape index (κ3) is 3.06. The number of pyridine rings is 2. The summed E-state index contributed by atoms with van der Waals surface area (Å²) in [5.41, 5.74) is 4.39. The van der Waals surface area contributed by atoms with E-state index in [2.05, 4.69) is 41.1 Å². The summed E-state index contributed by atoms with van der Waals surface area (Å²) in [6.45, 7) is 9.51. The number of aromatic nitrogens is 2. The van der Waals surface area contributed by atoms with Crippen LogP contribution in [-0.4, -0.2) is 15.7 Å². The van der Waals surface area contributed by atoms with Crippen LogP contribution in [0.3, 0.4) is 0 Å². The van der Waals surface area contributed by atoms with Crippen molar-refractivity contribution in [2.75, 3.05) is 0 Å². The summed E-state index contributed by atoms with van der Waals surface area (Å²) in [6, 6.07) is 9.87. The number of aliphatic imine (C=N–C) groups is 1. The lowest BCUT2D eigenvalue weighted by Crippen LogP contribution is -2.03. The molecular weight excluding hydrogens is 246 g/mol. The van der Waals surface area contributed by atoms with Gasteiger partial charge in [-0.15, -0.1) is 0 Å². The highest BCUT2D eigenvalue weighted by atomic mass is 14.8. The van der Waals surface area contributed by atoms with E-state index in [9.17, 15) is 0 Å². The summed E-state index contributed by atoms with van der Waals surface area (Å²) in [5.74, 6) is 0. The smallest absolute Gasteiger partial charge is 0.0897 e. The van der Waals surface area contributed by atoms with Crippen molar-refractivity contribution in [3.8, 4) is 11.4 Å². The molecule has 0 amide bonds. The Balaban J connectivity index is 2.57. The van der Waals surface area contributed by atoms with E-state index in [-0.39, 0.29) is 0 Å². The van der Waals surface area contributed by atoms with Crippen LogP contribution >= 0.6 is 0 Å². The fraction of sp³-hybridized carbons (Fsp3) is 0.118. The number of rotatable bonds is 5. The fourth-order valence-corrected chi connectivity index (χ4v) is 1.89. The van der Waals surface area contributed by atoms with Gasteiger partial charge in [0.25, 0.3) is 0 Å². The van der Waals surface area contributed by atoms with Crippen molar-refractivity contribution in [1.82, 2.24) is 9.97 Å². The Morgan fingerprint density at radius 3 is 2.70 bits per heavy atom. The zero-order valence-electron chi connectivity index (χ0n) is 11.6. The highest BCUT2D eigenvalue weighted by molar-refractivity contribution is 6.07. The molecule has 0 spiro atoms. The van der Waals surface area contributed by atoms with Crippen LogP contribution in [0.25, 0.3) is 11.4 Å². The van der Waals surface area contributed by atoms with Gasteiger partial charge in [0.15, 0.2) is 0 Å². The Hall–Kier alpha value is -2.55. The van der Waals surface area contributed by atoms with Crippen LogP contribution in [0.5, 0.6) is 0 Å². The third-order valence-electron chi connectivity index (χ3n) is 2.91. The highest BCUT2D eigenvalue weighted by Gasteiger charge is 2.08. The molecule has 0 aromatic carbocycles. The molecule has 100 valence electrons. The molecule has 0 radical (unpaired) electrons. The van der Waals surface area contributed by atoms with Gasteiger partial charge in [0.05, 0.1) is 22.8 Å². The second kappa shape index (κ2) is 6.57. The maximum Gasteiger partial charge on any atom is 0.0897 e.